The molecule has 2 aliphatic rings. The fourth-order valence-electron chi connectivity index (χ4n) is 2.24. The van der Waals surface area contributed by atoms with Crippen molar-refractivity contribution in [3.8, 4) is 5.75 Å². The number of nitrogens with one attached hydrogen (secondary N) is 1. The minimum absolute atomic E-state index is 0.0129. The molecule has 8 nitrogen and oxygen atoms in total. The molecule has 22 heavy (non-hydrogen) atoms. The van der Waals surface area contributed by atoms with Gasteiger partial charge in [-0.25, -0.2) is 4.79 Å². The number of rotatable bonds is 3. The number of aliphatic hydroxyl groups excluding tert-OH is 1. The molecule has 0 bridgehead atoms. The number of ketones is 1. The molecule has 3 atom stereocenters. The third-order valence-electron chi connectivity index (χ3n) is 3.32. The first-order chi connectivity index (χ1) is 10.5. The highest BCUT2D eigenvalue weighted by atomic mass is 16.7. The summed E-state index contributed by atoms with van der Waals surface area (Å²) in [6.07, 6.45) is -2.84. The monoisotopic (exact) mass is 305 g/mol. The number of carbonyl (C=O) groups excluding carboxylic acids is 2. The standard InChI is InChI=1S/C14H11NO7/c16-8-5-7(10(17)12-11(8)22-12)15-13(18)6-3-1-2-4-9(6)21-14(19)20/h1-5,10-12,17H,(H,15,18)(H,19,20). The molecule has 1 fully saturated rings. The summed E-state index contributed by atoms with van der Waals surface area (Å²) >= 11 is 0. The zero-order chi connectivity index (χ0) is 15.9. The molecule has 1 aliphatic carbocycles. The summed E-state index contributed by atoms with van der Waals surface area (Å²) in [7, 11) is 0. The molecule has 1 aromatic carbocycles. The van der Waals surface area contributed by atoms with Gasteiger partial charge in [0.2, 0.25) is 0 Å². The van der Waals surface area contributed by atoms with Gasteiger partial charge in [0.1, 0.15) is 24.1 Å². The van der Waals surface area contributed by atoms with Crippen LogP contribution in [0.1, 0.15) is 10.4 Å². The van der Waals surface area contributed by atoms with Crippen molar-refractivity contribution in [2.24, 2.45) is 0 Å². The number of hydrogen-bond acceptors (Lipinski definition) is 6. The Balaban J connectivity index is 1.80. The van der Waals surface area contributed by atoms with E-state index in [0.717, 1.165) is 6.08 Å². The predicted molar refractivity (Wildman–Crippen MR) is 70.3 cm³/mol. The van der Waals surface area contributed by atoms with E-state index in [9.17, 15) is 19.5 Å². The Morgan fingerprint density at radius 2 is 2.00 bits per heavy atom. The van der Waals surface area contributed by atoms with Crippen LogP contribution in [0.5, 0.6) is 5.75 Å². The number of epoxide rings is 1. The van der Waals surface area contributed by atoms with Gasteiger partial charge in [-0.1, -0.05) is 12.1 Å². The normalized spacial score (nSPS) is 25.8. The van der Waals surface area contributed by atoms with Crippen LogP contribution in [0.2, 0.25) is 0 Å². The fourth-order valence-corrected chi connectivity index (χ4v) is 2.24. The van der Waals surface area contributed by atoms with E-state index in [2.05, 4.69) is 10.1 Å². The Kier molecular flexibility index (Phi) is 3.39. The van der Waals surface area contributed by atoms with Crippen LogP contribution in [0.3, 0.4) is 0 Å². The summed E-state index contributed by atoms with van der Waals surface area (Å²) in [5.74, 6) is -1.18. The number of para-hydroxylation sites is 1. The first-order valence-corrected chi connectivity index (χ1v) is 6.37. The van der Waals surface area contributed by atoms with Crippen LogP contribution < -0.4 is 10.1 Å². The van der Waals surface area contributed by atoms with Crippen molar-refractivity contribution in [1.29, 1.82) is 0 Å². The number of carboxylic acid groups (broad SMARTS) is 1. The summed E-state index contributed by atoms with van der Waals surface area (Å²) < 4.78 is 9.51. The summed E-state index contributed by atoms with van der Waals surface area (Å²) in [5, 5.41) is 21.0. The van der Waals surface area contributed by atoms with E-state index in [1.807, 2.05) is 0 Å². The van der Waals surface area contributed by atoms with E-state index >= 15 is 0 Å². The van der Waals surface area contributed by atoms with Gasteiger partial charge in [0.05, 0.1) is 11.3 Å². The highest BCUT2D eigenvalue weighted by Crippen LogP contribution is 2.33. The molecule has 1 saturated heterocycles. The summed E-state index contributed by atoms with van der Waals surface area (Å²) in [6, 6.07) is 5.72. The van der Waals surface area contributed by atoms with E-state index < -0.39 is 30.4 Å². The molecule has 1 aromatic rings. The number of aliphatic hydroxyl groups is 1. The molecule has 0 aromatic heterocycles. The molecule has 8 heteroatoms. The molecule has 114 valence electrons. The van der Waals surface area contributed by atoms with Gasteiger partial charge in [-0.3, -0.25) is 9.59 Å². The lowest BCUT2D eigenvalue weighted by atomic mass is 10.0. The Morgan fingerprint density at radius 3 is 2.73 bits per heavy atom. The average Bonchev–Trinajstić information content (AvgIpc) is 3.25. The van der Waals surface area contributed by atoms with Crippen molar-refractivity contribution in [3.05, 3.63) is 41.6 Å². The summed E-state index contributed by atoms with van der Waals surface area (Å²) in [5.41, 5.74) is -0.0248. The van der Waals surface area contributed by atoms with Gasteiger partial charge in [-0.05, 0) is 12.1 Å². The Hall–Kier alpha value is -2.71. The fraction of sp³-hybridized carbons (Fsp3) is 0.214. The molecular formula is C14H11NO7. The molecule has 1 heterocycles. The molecule has 3 N–H and O–H groups in total. The molecule has 0 radical (unpaired) electrons. The Labute approximate surface area is 123 Å². The zero-order valence-corrected chi connectivity index (χ0v) is 11.1. The number of fused-ring (bicyclic) bond motifs is 1. The van der Waals surface area contributed by atoms with Crippen LogP contribution in [0.15, 0.2) is 36.0 Å². The highest BCUT2D eigenvalue weighted by Gasteiger charge is 2.53. The van der Waals surface area contributed by atoms with Gasteiger partial charge in [0.15, 0.2) is 5.78 Å². The number of carbonyl (C=O) groups is 3. The predicted octanol–water partition coefficient (Wildman–Crippen LogP) is 0.0681. The molecule has 1 amide bonds. The quantitative estimate of drug-likeness (QED) is 0.410. The van der Waals surface area contributed by atoms with Crippen LogP contribution >= 0.6 is 0 Å². The number of ether oxygens (including phenoxy) is 2. The first-order valence-electron chi connectivity index (χ1n) is 6.37. The topological polar surface area (TPSA) is 125 Å². The van der Waals surface area contributed by atoms with Crippen molar-refractivity contribution < 1.29 is 34.1 Å². The molecule has 1 aliphatic heterocycles. The lowest BCUT2D eigenvalue weighted by Crippen LogP contribution is -2.37. The van der Waals surface area contributed by atoms with Crippen molar-refractivity contribution in [2.45, 2.75) is 18.3 Å². The van der Waals surface area contributed by atoms with Crippen LogP contribution in [0.4, 0.5) is 4.79 Å². The maximum absolute atomic E-state index is 12.2. The molecule has 3 rings (SSSR count). The maximum atomic E-state index is 12.2. The molecule has 0 spiro atoms. The number of amides is 1. The van der Waals surface area contributed by atoms with Crippen LogP contribution in [0, 0.1) is 0 Å². The highest BCUT2D eigenvalue weighted by molar-refractivity contribution is 6.02. The van der Waals surface area contributed by atoms with Crippen LogP contribution in [-0.2, 0) is 9.53 Å². The Bertz CT molecular complexity index is 696. The van der Waals surface area contributed by atoms with Crippen molar-refractivity contribution in [2.75, 3.05) is 0 Å². The first kappa shape index (κ1) is 14.2. The number of hydrogen-bond donors (Lipinski definition) is 3. The van der Waals surface area contributed by atoms with Gasteiger partial charge in [0.25, 0.3) is 5.91 Å². The van der Waals surface area contributed by atoms with Crippen molar-refractivity contribution in [3.63, 3.8) is 0 Å². The van der Waals surface area contributed by atoms with Crippen LogP contribution in [-0.4, -0.2) is 46.4 Å². The van der Waals surface area contributed by atoms with Crippen molar-refractivity contribution in [1.82, 2.24) is 5.32 Å². The van der Waals surface area contributed by atoms with Crippen LogP contribution in [0.25, 0.3) is 0 Å². The second-order valence-electron chi connectivity index (χ2n) is 4.79. The second-order valence-corrected chi connectivity index (χ2v) is 4.79. The number of benzene rings is 1. The van der Waals surface area contributed by atoms with Gasteiger partial charge in [-0.2, -0.15) is 0 Å². The summed E-state index contributed by atoms with van der Waals surface area (Å²) in [6.45, 7) is 0. The van der Waals surface area contributed by atoms with E-state index in [-0.39, 0.29) is 22.8 Å². The van der Waals surface area contributed by atoms with Gasteiger partial charge in [-0.15, -0.1) is 0 Å². The minimum atomic E-state index is -1.55. The van der Waals surface area contributed by atoms with E-state index in [1.165, 1.54) is 24.3 Å². The Morgan fingerprint density at radius 1 is 1.27 bits per heavy atom. The molecular weight excluding hydrogens is 294 g/mol. The second kappa shape index (κ2) is 5.24. The third kappa shape index (κ3) is 2.57. The van der Waals surface area contributed by atoms with Gasteiger partial charge in [0, 0.05) is 6.08 Å². The molecule has 0 saturated carbocycles. The van der Waals surface area contributed by atoms with E-state index in [0.29, 0.717) is 0 Å². The van der Waals surface area contributed by atoms with Crippen molar-refractivity contribution >= 4 is 17.8 Å². The van der Waals surface area contributed by atoms with E-state index in [4.69, 9.17) is 9.84 Å². The molecule has 3 unspecified atom stereocenters. The SMILES string of the molecule is O=C(O)Oc1ccccc1C(=O)NC1=CC(=O)C2OC2C1O. The van der Waals surface area contributed by atoms with E-state index in [1.54, 1.807) is 0 Å². The largest absolute Gasteiger partial charge is 0.511 e. The zero-order valence-electron chi connectivity index (χ0n) is 11.1. The smallest absolute Gasteiger partial charge is 0.449 e. The minimum Gasteiger partial charge on any atom is -0.449 e. The van der Waals surface area contributed by atoms with Gasteiger partial charge >= 0.3 is 6.16 Å². The third-order valence-corrected chi connectivity index (χ3v) is 3.32. The lowest BCUT2D eigenvalue weighted by Gasteiger charge is -2.17. The average molecular weight is 305 g/mol. The lowest BCUT2D eigenvalue weighted by molar-refractivity contribution is -0.116. The summed E-state index contributed by atoms with van der Waals surface area (Å²) in [4.78, 5) is 34.4. The maximum Gasteiger partial charge on any atom is 0.511 e. The van der Waals surface area contributed by atoms with Gasteiger partial charge < -0.3 is 25.0 Å².